The lowest BCUT2D eigenvalue weighted by Crippen LogP contribution is -2.46. The van der Waals surface area contributed by atoms with Crippen LogP contribution in [0, 0.1) is 0 Å². The first-order valence-corrected chi connectivity index (χ1v) is 13.1. The number of aromatic nitrogens is 1. The number of nitrogens with one attached hydrogen (secondary N) is 1. The number of benzene rings is 2. The van der Waals surface area contributed by atoms with Gasteiger partial charge in [0.05, 0.1) is 14.2 Å². The van der Waals surface area contributed by atoms with Crippen molar-refractivity contribution in [3.8, 4) is 11.5 Å². The van der Waals surface area contributed by atoms with Crippen molar-refractivity contribution in [1.29, 1.82) is 0 Å². The smallest absolute Gasteiger partial charge is 0.276 e. The molecule has 1 aliphatic rings. The van der Waals surface area contributed by atoms with Crippen molar-refractivity contribution in [2.75, 3.05) is 14.2 Å². The zero-order valence-electron chi connectivity index (χ0n) is 20.0. The van der Waals surface area contributed by atoms with Crippen LogP contribution in [0.1, 0.15) is 53.3 Å². The van der Waals surface area contributed by atoms with E-state index in [0.717, 1.165) is 42.8 Å². The predicted molar refractivity (Wildman–Crippen MR) is 141 cm³/mol. The van der Waals surface area contributed by atoms with Gasteiger partial charge in [0, 0.05) is 12.6 Å². The van der Waals surface area contributed by atoms with E-state index in [0.29, 0.717) is 17.1 Å². The van der Waals surface area contributed by atoms with Crippen LogP contribution >= 0.6 is 34.7 Å². The topological polar surface area (TPSA) is 80.8 Å². The third-order valence-electron chi connectivity index (χ3n) is 6.27. The van der Waals surface area contributed by atoms with E-state index in [2.05, 4.69) is 9.69 Å². The molecule has 1 atom stereocenters. The SMILES string of the molecule is COc1ccc(CN(C(=O)c2nsc(Cl)c2Cl)[C@@H](C(=O)NC2CCCC2)c2ccc(OC)cc2)cc1. The van der Waals surface area contributed by atoms with Gasteiger partial charge in [0.15, 0.2) is 5.69 Å². The number of nitrogens with zero attached hydrogens (tertiary/aromatic N) is 2. The molecule has 0 bridgehead atoms. The second-order valence-electron chi connectivity index (χ2n) is 8.57. The van der Waals surface area contributed by atoms with Gasteiger partial charge in [-0.1, -0.05) is 60.3 Å². The van der Waals surface area contributed by atoms with Gasteiger partial charge in [-0.25, -0.2) is 0 Å². The molecular weight excluding hydrogens is 521 g/mol. The standard InChI is InChI=1S/C26H27Cl2N3O4S/c1-34-19-11-7-16(8-12-19)15-31(26(33)22-21(27)24(28)36-30-22)23(17-9-13-20(35-2)14-10-17)25(32)29-18-5-3-4-6-18/h7-14,18,23H,3-6,15H2,1-2H3,(H,29,32)/t23-/m1/s1. The molecule has 2 amide bonds. The molecule has 0 aliphatic heterocycles. The minimum absolute atomic E-state index is 0.0207. The van der Waals surface area contributed by atoms with Crippen molar-refractivity contribution in [3.63, 3.8) is 0 Å². The Bertz CT molecular complexity index is 1190. The van der Waals surface area contributed by atoms with E-state index in [1.54, 1.807) is 38.5 Å². The Labute approximate surface area is 224 Å². The van der Waals surface area contributed by atoms with E-state index < -0.39 is 11.9 Å². The third kappa shape index (κ3) is 5.94. The van der Waals surface area contributed by atoms with Gasteiger partial charge in [0.2, 0.25) is 5.91 Å². The number of hydrogen-bond donors (Lipinski definition) is 1. The summed E-state index contributed by atoms with van der Waals surface area (Å²) < 4.78 is 15.0. The number of halogens is 2. The van der Waals surface area contributed by atoms with E-state index in [1.165, 1.54) is 4.90 Å². The highest BCUT2D eigenvalue weighted by molar-refractivity contribution is 7.11. The van der Waals surface area contributed by atoms with Gasteiger partial charge in [0.1, 0.15) is 26.9 Å². The summed E-state index contributed by atoms with van der Waals surface area (Å²) in [5, 5.41) is 3.24. The maximum atomic E-state index is 13.9. The van der Waals surface area contributed by atoms with E-state index in [1.807, 2.05) is 24.3 Å². The molecule has 10 heteroatoms. The second kappa shape index (κ2) is 12.0. The zero-order chi connectivity index (χ0) is 25.7. The average molecular weight is 548 g/mol. The fraction of sp³-hybridized carbons (Fsp3) is 0.346. The van der Waals surface area contributed by atoms with Gasteiger partial charge in [-0.05, 0) is 59.8 Å². The zero-order valence-corrected chi connectivity index (χ0v) is 22.3. The monoisotopic (exact) mass is 547 g/mol. The number of amides is 2. The molecule has 2 aromatic carbocycles. The lowest BCUT2D eigenvalue weighted by atomic mass is 10.0. The van der Waals surface area contributed by atoms with Crippen LogP contribution < -0.4 is 14.8 Å². The maximum Gasteiger partial charge on any atom is 0.276 e. The number of carbonyl (C=O) groups is 2. The van der Waals surface area contributed by atoms with Crippen LogP contribution in [0.4, 0.5) is 0 Å². The number of ether oxygens (including phenoxy) is 2. The van der Waals surface area contributed by atoms with Crippen molar-refractivity contribution in [1.82, 2.24) is 14.6 Å². The van der Waals surface area contributed by atoms with Gasteiger partial charge in [-0.15, -0.1) is 0 Å². The van der Waals surface area contributed by atoms with Crippen LogP contribution in [0.15, 0.2) is 48.5 Å². The molecule has 190 valence electrons. The predicted octanol–water partition coefficient (Wildman–Crippen LogP) is 5.91. The Kier molecular flexibility index (Phi) is 8.72. The fourth-order valence-corrected chi connectivity index (χ4v) is 5.33. The fourth-order valence-electron chi connectivity index (χ4n) is 4.35. The summed E-state index contributed by atoms with van der Waals surface area (Å²) in [4.78, 5) is 29.2. The molecule has 1 saturated carbocycles. The molecule has 1 heterocycles. The van der Waals surface area contributed by atoms with E-state index in [4.69, 9.17) is 32.7 Å². The van der Waals surface area contributed by atoms with Crippen molar-refractivity contribution in [2.24, 2.45) is 0 Å². The lowest BCUT2D eigenvalue weighted by Gasteiger charge is -2.32. The first-order valence-electron chi connectivity index (χ1n) is 11.6. The first kappa shape index (κ1) is 26.3. The van der Waals surface area contributed by atoms with Crippen LogP contribution in [-0.2, 0) is 11.3 Å². The van der Waals surface area contributed by atoms with Gasteiger partial charge in [-0.3, -0.25) is 9.59 Å². The molecule has 1 aliphatic carbocycles. The summed E-state index contributed by atoms with van der Waals surface area (Å²) in [5.74, 6) is 0.598. The van der Waals surface area contributed by atoms with Crippen LogP contribution in [0.5, 0.6) is 11.5 Å². The largest absolute Gasteiger partial charge is 0.497 e. The summed E-state index contributed by atoms with van der Waals surface area (Å²) in [6.07, 6.45) is 3.97. The summed E-state index contributed by atoms with van der Waals surface area (Å²) >= 11 is 13.4. The van der Waals surface area contributed by atoms with Crippen molar-refractivity contribution in [2.45, 2.75) is 44.3 Å². The molecular formula is C26H27Cl2N3O4S. The molecule has 36 heavy (non-hydrogen) atoms. The molecule has 7 nitrogen and oxygen atoms in total. The van der Waals surface area contributed by atoms with Crippen molar-refractivity contribution in [3.05, 3.63) is 74.7 Å². The number of rotatable bonds is 9. The van der Waals surface area contributed by atoms with E-state index >= 15 is 0 Å². The summed E-state index contributed by atoms with van der Waals surface area (Å²) in [6.45, 7) is 0.142. The molecule has 0 spiro atoms. The minimum atomic E-state index is -0.928. The van der Waals surface area contributed by atoms with Crippen LogP contribution in [0.25, 0.3) is 0 Å². The summed E-state index contributed by atoms with van der Waals surface area (Å²) in [6, 6.07) is 13.6. The first-order chi connectivity index (χ1) is 17.4. The average Bonchev–Trinajstić information content (AvgIpc) is 3.53. The summed E-state index contributed by atoms with van der Waals surface area (Å²) in [5.41, 5.74) is 1.48. The Balaban J connectivity index is 1.76. The van der Waals surface area contributed by atoms with Crippen molar-refractivity contribution >= 4 is 46.5 Å². The van der Waals surface area contributed by atoms with Crippen LogP contribution in [-0.4, -0.2) is 41.3 Å². The maximum absolute atomic E-state index is 13.9. The summed E-state index contributed by atoms with van der Waals surface area (Å²) in [7, 11) is 3.17. The Hall–Kier alpha value is -2.81. The highest BCUT2D eigenvalue weighted by Crippen LogP contribution is 2.34. The van der Waals surface area contributed by atoms with E-state index in [-0.39, 0.29) is 33.5 Å². The molecule has 1 fully saturated rings. The molecule has 4 rings (SSSR count). The number of carbonyl (C=O) groups excluding carboxylic acids is 2. The number of hydrogen-bond acceptors (Lipinski definition) is 6. The number of methoxy groups -OCH3 is 2. The van der Waals surface area contributed by atoms with Gasteiger partial charge < -0.3 is 19.7 Å². The quantitative estimate of drug-likeness (QED) is 0.360. The highest BCUT2D eigenvalue weighted by Gasteiger charge is 2.36. The van der Waals surface area contributed by atoms with E-state index in [9.17, 15) is 9.59 Å². The van der Waals surface area contributed by atoms with Crippen LogP contribution in [0.3, 0.4) is 0 Å². The van der Waals surface area contributed by atoms with Gasteiger partial charge in [-0.2, -0.15) is 4.37 Å². The second-order valence-corrected chi connectivity index (χ2v) is 10.3. The Morgan fingerprint density at radius 2 is 1.61 bits per heavy atom. The highest BCUT2D eigenvalue weighted by atomic mass is 35.5. The molecule has 0 saturated heterocycles. The normalized spacial score (nSPS) is 14.3. The Morgan fingerprint density at radius 1 is 1.03 bits per heavy atom. The van der Waals surface area contributed by atoms with Gasteiger partial charge >= 0.3 is 0 Å². The lowest BCUT2D eigenvalue weighted by molar-refractivity contribution is -0.126. The van der Waals surface area contributed by atoms with Crippen LogP contribution in [0.2, 0.25) is 9.36 Å². The minimum Gasteiger partial charge on any atom is -0.497 e. The van der Waals surface area contributed by atoms with Crippen molar-refractivity contribution < 1.29 is 19.1 Å². The third-order valence-corrected chi connectivity index (χ3v) is 7.88. The molecule has 3 aromatic rings. The molecule has 1 aromatic heterocycles. The molecule has 1 N–H and O–H groups in total. The molecule has 0 unspecified atom stereocenters. The Morgan fingerprint density at radius 3 is 2.14 bits per heavy atom. The molecule has 0 radical (unpaired) electrons. The van der Waals surface area contributed by atoms with Gasteiger partial charge in [0.25, 0.3) is 5.91 Å².